The zero-order valence-electron chi connectivity index (χ0n) is 32.5. The number of likely N-dealkylation sites (N-methyl/N-ethyl adjacent to an activating group) is 1. The molecule has 7 rings (SSSR count). The molecule has 0 aromatic heterocycles. The Morgan fingerprint density at radius 3 is 2.18 bits per heavy atom. The monoisotopic (exact) mass is 781 g/mol. The molecule has 2 aromatic carbocycles. The Hall–Kier alpha value is -3.64. The van der Waals surface area contributed by atoms with E-state index in [1.807, 2.05) is 25.9 Å². The normalized spacial score (nSPS) is 35.8. The van der Waals surface area contributed by atoms with Crippen molar-refractivity contribution in [2.24, 2.45) is 0 Å². The van der Waals surface area contributed by atoms with Crippen LogP contribution < -0.4 is 0 Å². The summed E-state index contributed by atoms with van der Waals surface area (Å²) in [5.74, 6) is -3.58. The highest BCUT2D eigenvalue weighted by atomic mass is 16.7. The van der Waals surface area contributed by atoms with E-state index in [0.29, 0.717) is 12.8 Å². The number of fused-ring (bicyclic) bond motifs is 3. The minimum atomic E-state index is -1.71. The number of benzene rings is 2. The maximum Gasteiger partial charge on any atom is 0.316 e. The number of methoxy groups -OCH3 is 1. The summed E-state index contributed by atoms with van der Waals surface area (Å²) in [6.07, 6.45) is -5.57. The molecule has 2 aliphatic carbocycles. The van der Waals surface area contributed by atoms with Crippen LogP contribution >= 0.6 is 0 Å². The first-order chi connectivity index (χ1) is 26.6. The lowest BCUT2D eigenvalue weighted by atomic mass is 9.67. The predicted molar refractivity (Wildman–Crippen MR) is 195 cm³/mol. The van der Waals surface area contributed by atoms with Crippen molar-refractivity contribution in [3.8, 4) is 5.75 Å². The van der Waals surface area contributed by atoms with Crippen LogP contribution in [0.4, 0.5) is 0 Å². The van der Waals surface area contributed by atoms with Gasteiger partial charge in [0.05, 0.1) is 42.7 Å². The average Bonchev–Trinajstić information content (AvgIpc) is 3.16. The number of ether oxygens (including phenoxy) is 7. The van der Waals surface area contributed by atoms with E-state index in [9.17, 15) is 34.5 Å². The fourth-order valence-electron chi connectivity index (χ4n) is 8.99. The van der Waals surface area contributed by atoms with Crippen LogP contribution in [0.5, 0.6) is 5.75 Å². The molecule has 0 unspecified atom stereocenters. The molecule has 0 spiro atoms. The number of phenolic OH excluding ortho intramolecular Hbond substituents is 1. The highest BCUT2D eigenvalue weighted by Crippen LogP contribution is 2.53. The highest BCUT2D eigenvalue weighted by Gasteiger charge is 2.53. The number of phenols is 1. The summed E-state index contributed by atoms with van der Waals surface area (Å²) < 4.78 is 42.4. The second-order valence-corrected chi connectivity index (χ2v) is 15.7. The van der Waals surface area contributed by atoms with Crippen LogP contribution in [0.1, 0.15) is 114 Å². The second-order valence-electron chi connectivity index (χ2n) is 15.7. The number of aliphatic hydroxyl groups is 2. The van der Waals surface area contributed by atoms with E-state index < -0.39 is 90.3 Å². The summed E-state index contributed by atoms with van der Waals surface area (Å²) in [4.78, 5) is 54.6. The van der Waals surface area contributed by atoms with Crippen LogP contribution in [0, 0.1) is 0 Å². The summed E-state index contributed by atoms with van der Waals surface area (Å²) in [7, 11) is 4.97. The van der Waals surface area contributed by atoms with Gasteiger partial charge in [-0.1, -0.05) is 31.2 Å². The Kier molecular flexibility index (Phi) is 11.6. The maximum absolute atomic E-state index is 13.8. The first-order valence-electron chi connectivity index (χ1n) is 19.3. The van der Waals surface area contributed by atoms with Crippen LogP contribution in [0.25, 0.3) is 0 Å². The molecule has 0 bridgehead atoms. The average molecular weight is 782 g/mol. The number of aromatic hydroxyl groups is 1. The van der Waals surface area contributed by atoms with E-state index in [1.54, 1.807) is 26.0 Å². The minimum absolute atomic E-state index is 0.00860. The number of ketones is 3. The summed E-state index contributed by atoms with van der Waals surface area (Å²) in [6, 6.07) is 7.45. The van der Waals surface area contributed by atoms with Gasteiger partial charge in [0.25, 0.3) is 0 Å². The molecule has 3 aliphatic heterocycles. The van der Waals surface area contributed by atoms with Crippen molar-refractivity contribution in [3.05, 3.63) is 63.7 Å². The molecule has 5 aliphatic rings. The molecule has 15 nitrogen and oxygen atoms in total. The Bertz CT molecular complexity index is 1840. The summed E-state index contributed by atoms with van der Waals surface area (Å²) >= 11 is 0. The molecule has 2 aromatic rings. The summed E-state index contributed by atoms with van der Waals surface area (Å²) in [5.41, 5.74) is -1.42. The van der Waals surface area contributed by atoms with E-state index in [0.717, 1.165) is 0 Å². The molecule has 3 saturated heterocycles. The molecule has 12 atom stereocenters. The molecule has 304 valence electrons. The van der Waals surface area contributed by atoms with Crippen LogP contribution in [-0.4, -0.2) is 132 Å². The van der Waals surface area contributed by atoms with Crippen LogP contribution in [-0.2, 0) is 42.7 Å². The Morgan fingerprint density at radius 2 is 1.57 bits per heavy atom. The Labute approximate surface area is 325 Å². The number of hydrogen-bond donors (Lipinski definition) is 3. The standard InChI is InChI=1S/C41H51NO14/c1-7-41(49)17-28(32-24(34(41)40(48)50-6)14-25-33(37(32)47)36(46)23-11-9-8-10-22(23)35(25)45)54-30-15-26(42(4)5)38(19(2)52-30)56-31-16-27(44)39(20(3)53-31)55-29-13-12-21(43)18-51-29/h8-11,14,19-20,26-31,34,38-39,44,47,49H,7,12-13,15-18H2,1-6H3/t19-,20-,26-,27-,28-,29+,30-,31+,34+,38+,39+,41+/m1/s1. The highest BCUT2D eigenvalue weighted by molar-refractivity contribution is 6.29. The molecular weight excluding hydrogens is 730 g/mol. The van der Waals surface area contributed by atoms with E-state index in [-0.39, 0.29) is 77.5 Å². The van der Waals surface area contributed by atoms with Gasteiger partial charge in [-0.3, -0.25) is 19.2 Å². The fraction of sp³-hybridized carbons (Fsp3) is 0.610. The lowest BCUT2D eigenvalue weighted by Crippen LogP contribution is -2.58. The topological polar surface area (TPSA) is 197 Å². The molecular formula is C41H51NO14. The van der Waals surface area contributed by atoms with Crippen LogP contribution in [0.15, 0.2) is 30.3 Å². The van der Waals surface area contributed by atoms with Crippen molar-refractivity contribution in [2.75, 3.05) is 27.8 Å². The zero-order chi connectivity index (χ0) is 40.2. The summed E-state index contributed by atoms with van der Waals surface area (Å²) in [6.45, 7) is 5.30. The van der Waals surface area contributed by atoms with Gasteiger partial charge in [-0.2, -0.15) is 0 Å². The molecule has 3 N–H and O–H groups in total. The molecule has 3 fully saturated rings. The molecule has 0 amide bonds. The lowest BCUT2D eigenvalue weighted by Gasteiger charge is -2.48. The lowest BCUT2D eigenvalue weighted by molar-refractivity contribution is -0.323. The minimum Gasteiger partial charge on any atom is -0.507 e. The predicted octanol–water partition coefficient (Wildman–Crippen LogP) is 3.06. The smallest absolute Gasteiger partial charge is 0.316 e. The maximum atomic E-state index is 13.8. The van der Waals surface area contributed by atoms with Crippen molar-refractivity contribution < 1.29 is 67.7 Å². The number of Topliss-reactive ketones (excluding diaryl/α,β-unsaturated/α-hetero) is 1. The first-order valence-corrected chi connectivity index (χ1v) is 19.3. The molecule has 0 radical (unpaired) electrons. The second kappa shape index (κ2) is 16.0. The van der Waals surface area contributed by atoms with Gasteiger partial charge in [-0.25, -0.2) is 0 Å². The molecule has 0 saturated carbocycles. The van der Waals surface area contributed by atoms with Gasteiger partial charge in [0.2, 0.25) is 0 Å². The third kappa shape index (κ3) is 7.33. The fourth-order valence-corrected chi connectivity index (χ4v) is 8.99. The van der Waals surface area contributed by atoms with Gasteiger partial charge in [0, 0.05) is 60.4 Å². The van der Waals surface area contributed by atoms with Crippen molar-refractivity contribution in [2.45, 2.75) is 132 Å². The third-order valence-corrected chi connectivity index (χ3v) is 12.0. The van der Waals surface area contributed by atoms with E-state index >= 15 is 0 Å². The van der Waals surface area contributed by atoms with Crippen molar-refractivity contribution in [1.29, 1.82) is 0 Å². The quantitative estimate of drug-likeness (QED) is 0.268. The third-order valence-electron chi connectivity index (χ3n) is 12.0. The van der Waals surface area contributed by atoms with Crippen LogP contribution in [0.3, 0.4) is 0 Å². The van der Waals surface area contributed by atoms with Gasteiger partial charge in [0.15, 0.2) is 36.2 Å². The largest absolute Gasteiger partial charge is 0.507 e. The number of carbonyl (C=O) groups excluding carboxylic acids is 4. The van der Waals surface area contributed by atoms with Gasteiger partial charge >= 0.3 is 5.97 Å². The molecule has 3 heterocycles. The first kappa shape index (κ1) is 40.6. The zero-order valence-corrected chi connectivity index (χ0v) is 32.5. The molecule has 15 heteroatoms. The van der Waals surface area contributed by atoms with Gasteiger partial charge in [0.1, 0.15) is 30.5 Å². The molecule has 56 heavy (non-hydrogen) atoms. The van der Waals surface area contributed by atoms with Crippen molar-refractivity contribution >= 4 is 23.3 Å². The van der Waals surface area contributed by atoms with Crippen LogP contribution in [0.2, 0.25) is 0 Å². The van der Waals surface area contributed by atoms with Gasteiger partial charge in [-0.15, -0.1) is 0 Å². The van der Waals surface area contributed by atoms with Gasteiger partial charge < -0.3 is 53.4 Å². The number of carbonyl (C=O) groups is 4. The summed E-state index contributed by atoms with van der Waals surface area (Å²) in [5, 5.41) is 35.2. The van der Waals surface area contributed by atoms with Crippen molar-refractivity contribution in [1.82, 2.24) is 4.90 Å². The number of rotatable bonds is 9. The number of esters is 1. The number of nitrogens with zero attached hydrogens (tertiary/aromatic N) is 1. The number of aliphatic hydroxyl groups excluding tert-OH is 1. The van der Waals surface area contributed by atoms with Crippen molar-refractivity contribution in [3.63, 3.8) is 0 Å². The Balaban J connectivity index is 1.13. The van der Waals surface area contributed by atoms with E-state index in [1.165, 1.54) is 25.3 Å². The SMILES string of the molecule is CC[C@]1(O)C[C@@H](O[C@@H]2C[C@@H](N(C)C)[C@@H](O[C@H]3C[C@@H](O)[C@@H](O[C@H]4CCC(=O)CO4)[C@@H](C)O3)[C@@H](C)O2)c2c(cc3c(c2O)C(=O)c2ccccc2C3=O)[C@H]1C(=O)OC. The Morgan fingerprint density at radius 1 is 0.929 bits per heavy atom. The van der Waals surface area contributed by atoms with Gasteiger partial charge in [-0.05, 0) is 46.0 Å². The van der Waals surface area contributed by atoms with E-state index in [2.05, 4.69) is 0 Å². The number of hydrogen-bond acceptors (Lipinski definition) is 15. The van der Waals surface area contributed by atoms with E-state index in [4.69, 9.17) is 33.2 Å².